The first-order valence-electron chi connectivity index (χ1n) is 12.0. The second kappa shape index (κ2) is 11.0. The molecule has 0 saturated carbocycles. The third-order valence-electron chi connectivity index (χ3n) is 6.03. The van der Waals surface area contributed by atoms with E-state index in [-0.39, 0.29) is 0 Å². The second-order valence-electron chi connectivity index (χ2n) is 8.80. The lowest BCUT2D eigenvalue weighted by molar-refractivity contribution is -0.0191. The van der Waals surface area contributed by atoms with Gasteiger partial charge in [-0.15, -0.1) is 0 Å². The smallest absolute Gasteiger partial charge is 0.197 e. The van der Waals surface area contributed by atoms with Gasteiger partial charge in [-0.05, 0) is 86.3 Å². The first kappa shape index (κ1) is 23.6. The first-order chi connectivity index (χ1) is 16.5. The molecule has 4 rings (SSSR count). The van der Waals surface area contributed by atoms with Crippen molar-refractivity contribution >= 4 is 17.1 Å². The minimum absolute atomic E-state index is 0.572. The van der Waals surface area contributed by atoms with Gasteiger partial charge >= 0.3 is 0 Å². The fourth-order valence-corrected chi connectivity index (χ4v) is 3.91. The lowest BCUT2D eigenvalue weighted by Gasteiger charge is -2.26. The van der Waals surface area contributed by atoms with Gasteiger partial charge in [0.15, 0.2) is 6.29 Å². The van der Waals surface area contributed by atoms with Crippen LogP contribution in [0.25, 0.3) is 0 Å². The minimum Gasteiger partial charge on any atom is -0.465 e. The maximum absolute atomic E-state index is 9.64. The number of nitrogens with zero attached hydrogens (tertiary/aromatic N) is 1. The summed E-state index contributed by atoms with van der Waals surface area (Å²) in [5.74, 6) is 0.703. The monoisotopic (exact) mass is 451 g/mol. The summed E-state index contributed by atoms with van der Waals surface area (Å²) >= 11 is 0. The molecular formula is C31H33NO2. The second-order valence-corrected chi connectivity index (χ2v) is 8.80. The van der Waals surface area contributed by atoms with Crippen molar-refractivity contribution < 1.29 is 9.84 Å². The molecule has 34 heavy (non-hydrogen) atoms. The zero-order valence-corrected chi connectivity index (χ0v) is 20.2. The van der Waals surface area contributed by atoms with Gasteiger partial charge in [-0.2, -0.15) is 0 Å². The van der Waals surface area contributed by atoms with Crippen molar-refractivity contribution in [1.29, 1.82) is 0 Å². The number of aliphatic hydroxyl groups is 1. The van der Waals surface area contributed by atoms with Gasteiger partial charge in [0, 0.05) is 23.5 Å². The van der Waals surface area contributed by atoms with E-state index >= 15 is 0 Å². The van der Waals surface area contributed by atoms with E-state index in [0.717, 1.165) is 29.9 Å². The van der Waals surface area contributed by atoms with Gasteiger partial charge in [0.25, 0.3) is 0 Å². The van der Waals surface area contributed by atoms with E-state index in [1.165, 1.54) is 22.3 Å². The Morgan fingerprint density at radius 3 is 1.41 bits per heavy atom. The Morgan fingerprint density at radius 1 is 0.618 bits per heavy atom. The van der Waals surface area contributed by atoms with Crippen LogP contribution in [0.15, 0.2) is 97.1 Å². The molecule has 0 aliphatic carbocycles. The molecule has 4 aromatic carbocycles. The highest BCUT2D eigenvalue weighted by Crippen LogP contribution is 2.34. The topological polar surface area (TPSA) is 32.7 Å². The summed E-state index contributed by atoms with van der Waals surface area (Å²) in [4.78, 5) is 2.30. The fourth-order valence-electron chi connectivity index (χ4n) is 3.91. The molecule has 0 spiro atoms. The van der Waals surface area contributed by atoms with E-state index in [4.69, 9.17) is 4.74 Å². The van der Waals surface area contributed by atoms with Gasteiger partial charge in [0.05, 0.1) is 0 Å². The van der Waals surface area contributed by atoms with Crippen LogP contribution in [-0.2, 0) is 12.8 Å². The summed E-state index contributed by atoms with van der Waals surface area (Å²) in [5.41, 5.74) is 8.51. The van der Waals surface area contributed by atoms with Gasteiger partial charge in [-0.1, -0.05) is 66.6 Å². The zero-order valence-electron chi connectivity index (χ0n) is 20.2. The Labute approximate surface area is 203 Å². The fraction of sp³-hybridized carbons (Fsp3) is 0.226. The minimum atomic E-state index is -0.747. The van der Waals surface area contributed by atoms with Crippen molar-refractivity contribution in [2.75, 3.05) is 4.90 Å². The summed E-state index contributed by atoms with van der Waals surface area (Å²) in [6, 6.07) is 34.2. The Balaban J connectivity index is 1.48. The van der Waals surface area contributed by atoms with Crippen LogP contribution in [0.2, 0.25) is 0 Å². The molecule has 3 nitrogen and oxygen atoms in total. The van der Waals surface area contributed by atoms with E-state index in [0.29, 0.717) is 12.2 Å². The van der Waals surface area contributed by atoms with Crippen molar-refractivity contribution in [3.63, 3.8) is 0 Å². The molecule has 1 unspecified atom stereocenters. The van der Waals surface area contributed by atoms with Crippen LogP contribution in [0.1, 0.15) is 35.6 Å². The SMILES string of the molecule is CCC(O)Oc1ccc(CCc2ccc(N(c3ccc(C)cc3)c3ccc(C)cc3)cc2)cc1. The Kier molecular flexibility index (Phi) is 7.66. The number of hydrogen-bond donors (Lipinski definition) is 1. The normalized spacial score (nSPS) is 11.8. The first-order valence-corrected chi connectivity index (χ1v) is 12.0. The van der Waals surface area contributed by atoms with Gasteiger partial charge < -0.3 is 14.7 Å². The van der Waals surface area contributed by atoms with Crippen molar-refractivity contribution in [2.24, 2.45) is 0 Å². The summed E-state index contributed by atoms with van der Waals surface area (Å²) < 4.78 is 5.45. The summed E-state index contributed by atoms with van der Waals surface area (Å²) in [5, 5.41) is 9.64. The third-order valence-corrected chi connectivity index (χ3v) is 6.03. The van der Waals surface area contributed by atoms with E-state index in [1.807, 2.05) is 19.1 Å². The van der Waals surface area contributed by atoms with Crippen molar-refractivity contribution in [3.05, 3.63) is 119 Å². The lowest BCUT2D eigenvalue weighted by Crippen LogP contribution is -2.13. The molecule has 0 heterocycles. The summed E-state index contributed by atoms with van der Waals surface area (Å²) in [6.45, 7) is 6.12. The number of benzene rings is 4. The van der Waals surface area contributed by atoms with Crippen LogP contribution in [0.5, 0.6) is 5.75 Å². The average Bonchev–Trinajstić information content (AvgIpc) is 2.87. The number of aliphatic hydroxyl groups excluding tert-OH is 1. The Morgan fingerprint density at radius 2 is 1.00 bits per heavy atom. The highest BCUT2D eigenvalue weighted by molar-refractivity contribution is 5.76. The molecule has 0 bridgehead atoms. The van der Waals surface area contributed by atoms with Crippen LogP contribution in [0, 0.1) is 13.8 Å². The standard InChI is InChI=1S/C31H33NO2/c1-4-31(33)34-30-21-13-26(14-22-30)10-9-25-11-19-29(20-12-25)32(27-15-5-23(2)6-16-27)28-17-7-24(3)8-18-28/h5-8,11-22,31,33H,4,9-10H2,1-3H3. The van der Waals surface area contributed by atoms with Gasteiger partial charge in [-0.25, -0.2) is 0 Å². The Hall–Kier alpha value is -3.56. The Bertz CT molecular complexity index is 1120. The van der Waals surface area contributed by atoms with E-state index in [2.05, 4.69) is 104 Å². The predicted octanol–water partition coefficient (Wildman–Crippen LogP) is 7.67. The van der Waals surface area contributed by atoms with Crippen LogP contribution in [-0.4, -0.2) is 11.4 Å². The van der Waals surface area contributed by atoms with Crippen LogP contribution < -0.4 is 9.64 Å². The molecule has 0 fully saturated rings. The summed E-state index contributed by atoms with van der Waals surface area (Å²) in [7, 11) is 0. The molecule has 174 valence electrons. The van der Waals surface area contributed by atoms with Crippen molar-refractivity contribution in [3.8, 4) is 5.75 Å². The maximum atomic E-state index is 9.64. The molecule has 4 aromatic rings. The number of ether oxygens (including phenoxy) is 1. The number of aryl methyl sites for hydroxylation is 4. The molecule has 0 amide bonds. The van der Waals surface area contributed by atoms with Crippen molar-refractivity contribution in [2.45, 2.75) is 46.3 Å². The van der Waals surface area contributed by atoms with Gasteiger partial charge in [0.1, 0.15) is 5.75 Å². The molecule has 0 aromatic heterocycles. The quantitative estimate of drug-likeness (QED) is 0.265. The zero-order chi connectivity index (χ0) is 23.9. The maximum Gasteiger partial charge on any atom is 0.197 e. The van der Waals surface area contributed by atoms with E-state index in [1.54, 1.807) is 0 Å². The third kappa shape index (κ3) is 6.06. The molecule has 0 aliphatic heterocycles. The molecule has 0 saturated heterocycles. The van der Waals surface area contributed by atoms with Crippen molar-refractivity contribution in [1.82, 2.24) is 0 Å². The largest absolute Gasteiger partial charge is 0.465 e. The number of hydrogen-bond acceptors (Lipinski definition) is 3. The van der Waals surface area contributed by atoms with Crippen LogP contribution in [0.3, 0.4) is 0 Å². The average molecular weight is 452 g/mol. The predicted molar refractivity (Wildman–Crippen MR) is 141 cm³/mol. The molecule has 3 heteroatoms. The lowest BCUT2D eigenvalue weighted by atomic mass is 10.0. The highest BCUT2D eigenvalue weighted by atomic mass is 16.6. The van der Waals surface area contributed by atoms with Crippen LogP contribution >= 0.6 is 0 Å². The molecule has 1 N–H and O–H groups in total. The van der Waals surface area contributed by atoms with E-state index in [9.17, 15) is 5.11 Å². The molecule has 0 radical (unpaired) electrons. The highest BCUT2D eigenvalue weighted by Gasteiger charge is 2.12. The van der Waals surface area contributed by atoms with E-state index < -0.39 is 6.29 Å². The van der Waals surface area contributed by atoms with Crippen LogP contribution in [0.4, 0.5) is 17.1 Å². The molecular weight excluding hydrogens is 418 g/mol. The number of rotatable bonds is 9. The van der Waals surface area contributed by atoms with Gasteiger partial charge in [-0.3, -0.25) is 0 Å². The molecule has 0 aliphatic rings. The molecule has 1 atom stereocenters. The number of anilines is 3. The summed E-state index contributed by atoms with van der Waals surface area (Å²) in [6.07, 6.45) is 1.75. The van der Waals surface area contributed by atoms with Gasteiger partial charge in [0.2, 0.25) is 0 Å².